The number of carbonyl (C=O) groups excluding carboxylic acids is 1. The molecular weight excluding hydrogens is 269 g/mol. The van der Waals surface area contributed by atoms with Crippen LogP contribution in [-0.2, 0) is 6.18 Å². The number of nitrogens with one attached hydrogen (secondary N) is 1. The quantitative estimate of drug-likeness (QED) is 0.864. The normalized spacial score (nSPS) is 17.8. The smallest absolute Gasteiger partial charge is 0.315 e. The number of carbonyl (C=O) groups is 1. The molecule has 0 saturated carbocycles. The van der Waals surface area contributed by atoms with Crippen LogP contribution < -0.4 is 5.32 Å². The Bertz CT molecular complexity index is 466. The van der Waals surface area contributed by atoms with Crippen molar-refractivity contribution in [3.8, 4) is 0 Å². The van der Waals surface area contributed by atoms with E-state index in [-0.39, 0.29) is 17.9 Å². The number of Topliss-reactive ketones (excluding diaryl/α,β-unsaturated/α-hetero) is 1. The molecule has 1 aliphatic heterocycles. The first-order chi connectivity index (χ1) is 9.47. The van der Waals surface area contributed by atoms with Crippen molar-refractivity contribution in [2.24, 2.45) is 0 Å². The minimum atomic E-state index is -4.41. The first-order valence-corrected chi connectivity index (χ1v) is 6.60. The maximum atomic E-state index is 12.6. The molecule has 0 spiro atoms. The zero-order chi connectivity index (χ0) is 14.6. The molecule has 2 rings (SSSR count). The van der Waals surface area contributed by atoms with E-state index in [1.165, 1.54) is 12.1 Å². The zero-order valence-electron chi connectivity index (χ0n) is 11.0. The minimum absolute atomic E-state index is 0.122. The fourth-order valence-corrected chi connectivity index (χ4v) is 2.22. The van der Waals surface area contributed by atoms with Crippen LogP contribution in [0, 0.1) is 0 Å². The summed E-state index contributed by atoms with van der Waals surface area (Å²) in [6.45, 7) is 3.41. The predicted octanol–water partition coefficient (Wildman–Crippen LogP) is 2.18. The highest BCUT2D eigenvalue weighted by Crippen LogP contribution is 2.29. The van der Waals surface area contributed by atoms with Crippen LogP contribution in [-0.4, -0.2) is 43.4 Å². The van der Waals surface area contributed by atoms with Crippen molar-refractivity contribution in [3.63, 3.8) is 0 Å². The summed E-state index contributed by atoms with van der Waals surface area (Å²) in [7, 11) is 0. The largest absolute Gasteiger partial charge is 0.416 e. The average Bonchev–Trinajstić information content (AvgIpc) is 2.66. The fourth-order valence-electron chi connectivity index (χ4n) is 2.22. The second kappa shape index (κ2) is 6.37. The van der Waals surface area contributed by atoms with Gasteiger partial charge in [0.2, 0.25) is 0 Å². The molecule has 0 amide bonds. The first-order valence-electron chi connectivity index (χ1n) is 6.60. The molecule has 0 radical (unpaired) electrons. The summed E-state index contributed by atoms with van der Waals surface area (Å²) in [4.78, 5) is 14.0. The summed E-state index contributed by atoms with van der Waals surface area (Å²) in [5.74, 6) is -0.266. The second-order valence-corrected chi connectivity index (χ2v) is 4.88. The van der Waals surface area contributed by atoms with Crippen LogP contribution in [0.2, 0.25) is 0 Å². The third kappa shape index (κ3) is 4.05. The van der Waals surface area contributed by atoms with Gasteiger partial charge >= 0.3 is 6.18 Å². The molecule has 1 N–H and O–H groups in total. The van der Waals surface area contributed by atoms with Gasteiger partial charge in [0.05, 0.1) is 12.1 Å². The van der Waals surface area contributed by atoms with Crippen molar-refractivity contribution in [2.45, 2.75) is 12.6 Å². The van der Waals surface area contributed by atoms with Crippen molar-refractivity contribution < 1.29 is 18.0 Å². The van der Waals surface area contributed by atoms with Gasteiger partial charge in [0, 0.05) is 18.7 Å². The lowest BCUT2D eigenvalue weighted by atomic mass is 10.1. The van der Waals surface area contributed by atoms with Crippen molar-refractivity contribution in [2.75, 3.05) is 32.7 Å². The van der Waals surface area contributed by atoms with Crippen molar-refractivity contribution in [1.29, 1.82) is 0 Å². The molecule has 0 atom stereocenters. The summed E-state index contributed by atoms with van der Waals surface area (Å²) >= 11 is 0. The molecule has 110 valence electrons. The van der Waals surface area contributed by atoms with Gasteiger partial charge in [0.15, 0.2) is 5.78 Å². The highest BCUT2D eigenvalue weighted by molar-refractivity contribution is 5.97. The van der Waals surface area contributed by atoms with Gasteiger partial charge in [-0.05, 0) is 31.6 Å². The van der Waals surface area contributed by atoms with Crippen molar-refractivity contribution in [3.05, 3.63) is 35.4 Å². The third-order valence-corrected chi connectivity index (χ3v) is 3.31. The molecule has 1 saturated heterocycles. The van der Waals surface area contributed by atoms with Gasteiger partial charge in [-0.1, -0.05) is 12.1 Å². The predicted molar refractivity (Wildman–Crippen MR) is 69.7 cm³/mol. The number of ketones is 1. The van der Waals surface area contributed by atoms with E-state index in [1.54, 1.807) is 0 Å². The lowest BCUT2D eigenvalue weighted by Crippen LogP contribution is -2.33. The molecule has 3 nitrogen and oxygen atoms in total. The molecule has 1 aromatic rings. The van der Waals surface area contributed by atoms with Gasteiger partial charge in [0.25, 0.3) is 0 Å². The van der Waals surface area contributed by atoms with E-state index in [2.05, 4.69) is 5.32 Å². The van der Waals surface area contributed by atoms with Crippen LogP contribution in [0.25, 0.3) is 0 Å². The van der Waals surface area contributed by atoms with Crippen LogP contribution in [0.4, 0.5) is 13.2 Å². The zero-order valence-corrected chi connectivity index (χ0v) is 11.0. The van der Waals surface area contributed by atoms with Gasteiger partial charge in [-0.25, -0.2) is 0 Å². The second-order valence-electron chi connectivity index (χ2n) is 4.88. The number of halogens is 3. The van der Waals surface area contributed by atoms with Crippen LogP contribution in [0.5, 0.6) is 0 Å². The van der Waals surface area contributed by atoms with E-state index in [0.717, 1.165) is 44.7 Å². The molecule has 0 bridgehead atoms. The lowest BCUT2D eigenvalue weighted by Gasteiger charge is -2.18. The topological polar surface area (TPSA) is 32.3 Å². The SMILES string of the molecule is O=C(CN1CCCNCC1)c1cccc(C(F)(F)F)c1. The van der Waals surface area contributed by atoms with Gasteiger partial charge in [-0.15, -0.1) is 0 Å². The summed E-state index contributed by atoms with van der Waals surface area (Å²) in [5.41, 5.74) is -0.655. The first kappa shape index (κ1) is 15.0. The van der Waals surface area contributed by atoms with E-state index >= 15 is 0 Å². The van der Waals surface area contributed by atoms with Gasteiger partial charge in [-0.2, -0.15) is 13.2 Å². The van der Waals surface area contributed by atoms with Crippen LogP contribution in [0.1, 0.15) is 22.3 Å². The van der Waals surface area contributed by atoms with E-state index < -0.39 is 11.7 Å². The van der Waals surface area contributed by atoms with Crippen LogP contribution in [0.15, 0.2) is 24.3 Å². The number of rotatable bonds is 3. The Kier molecular flexibility index (Phi) is 4.77. The Morgan fingerprint density at radius 2 is 2.05 bits per heavy atom. The summed E-state index contributed by atoms with van der Waals surface area (Å²) in [6, 6.07) is 4.62. The van der Waals surface area contributed by atoms with E-state index in [0.29, 0.717) is 0 Å². The Morgan fingerprint density at radius 3 is 2.80 bits per heavy atom. The van der Waals surface area contributed by atoms with E-state index in [4.69, 9.17) is 0 Å². The molecule has 6 heteroatoms. The monoisotopic (exact) mass is 286 g/mol. The average molecular weight is 286 g/mol. The standard InChI is InChI=1S/C14H17F3N2O/c15-14(16,17)12-4-1-3-11(9-12)13(20)10-19-7-2-5-18-6-8-19/h1,3-4,9,18H,2,5-8,10H2. The maximum Gasteiger partial charge on any atom is 0.416 e. The number of hydrogen-bond donors (Lipinski definition) is 1. The van der Waals surface area contributed by atoms with Crippen molar-refractivity contribution in [1.82, 2.24) is 10.2 Å². The Labute approximate surface area is 115 Å². The number of hydrogen-bond acceptors (Lipinski definition) is 3. The molecule has 1 aromatic carbocycles. The molecule has 1 heterocycles. The Balaban J connectivity index is 2.05. The van der Waals surface area contributed by atoms with Gasteiger partial charge < -0.3 is 5.32 Å². The summed E-state index contributed by atoms with van der Waals surface area (Å²) in [6.07, 6.45) is -3.47. The van der Waals surface area contributed by atoms with Crippen LogP contribution >= 0.6 is 0 Å². The van der Waals surface area contributed by atoms with Gasteiger partial charge in [-0.3, -0.25) is 9.69 Å². The Morgan fingerprint density at radius 1 is 1.25 bits per heavy atom. The molecule has 0 unspecified atom stereocenters. The summed E-state index contributed by atoms with van der Waals surface area (Å²) in [5, 5.41) is 3.22. The third-order valence-electron chi connectivity index (χ3n) is 3.31. The molecule has 20 heavy (non-hydrogen) atoms. The Hall–Kier alpha value is -1.40. The fraction of sp³-hybridized carbons (Fsp3) is 0.500. The van der Waals surface area contributed by atoms with Crippen molar-refractivity contribution >= 4 is 5.78 Å². The number of benzene rings is 1. The summed E-state index contributed by atoms with van der Waals surface area (Å²) < 4.78 is 37.8. The molecule has 0 aromatic heterocycles. The molecule has 1 fully saturated rings. The number of alkyl halides is 3. The minimum Gasteiger partial charge on any atom is -0.315 e. The van der Waals surface area contributed by atoms with Crippen LogP contribution in [0.3, 0.4) is 0 Å². The molecule has 1 aliphatic rings. The molecule has 0 aliphatic carbocycles. The molecular formula is C14H17F3N2O. The highest BCUT2D eigenvalue weighted by Gasteiger charge is 2.31. The van der Waals surface area contributed by atoms with E-state index in [1.807, 2.05) is 4.90 Å². The highest BCUT2D eigenvalue weighted by atomic mass is 19.4. The lowest BCUT2D eigenvalue weighted by molar-refractivity contribution is -0.137. The van der Waals surface area contributed by atoms with E-state index in [9.17, 15) is 18.0 Å². The van der Waals surface area contributed by atoms with Gasteiger partial charge in [0.1, 0.15) is 0 Å². The number of nitrogens with zero attached hydrogens (tertiary/aromatic N) is 1. The maximum absolute atomic E-state index is 12.6.